The van der Waals surface area contributed by atoms with Gasteiger partial charge in [-0.25, -0.2) is 8.78 Å². The summed E-state index contributed by atoms with van der Waals surface area (Å²) in [6.45, 7) is 2.03. The molecule has 118 valence electrons. The van der Waals surface area contributed by atoms with Crippen LogP contribution in [0.2, 0.25) is 0 Å². The van der Waals surface area contributed by atoms with Gasteiger partial charge in [0.15, 0.2) is 0 Å². The van der Waals surface area contributed by atoms with Gasteiger partial charge in [0.2, 0.25) is 5.91 Å². The van der Waals surface area contributed by atoms with Crippen LogP contribution in [-0.2, 0) is 4.79 Å². The van der Waals surface area contributed by atoms with Crippen LogP contribution in [0, 0.1) is 11.6 Å². The van der Waals surface area contributed by atoms with Crippen molar-refractivity contribution < 1.29 is 13.6 Å². The molecule has 0 aliphatic carbocycles. The summed E-state index contributed by atoms with van der Waals surface area (Å²) in [6, 6.07) is 2.54. The third kappa shape index (κ3) is 4.75. The van der Waals surface area contributed by atoms with E-state index >= 15 is 0 Å². The van der Waals surface area contributed by atoms with E-state index in [1.165, 1.54) is 18.2 Å². The van der Waals surface area contributed by atoms with Crippen molar-refractivity contribution in [3.63, 3.8) is 0 Å². The highest BCUT2D eigenvalue weighted by atomic mass is 19.1. The number of nitrogens with zero attached hydrogens (tertiary/aromatic N) is 1. The monoisotopic (exact) mass is 299 g/mol. The average molecular weight is 299 g/mol. The third-order valence-electron chi connectivity index (χ3n) is 3.36. The first-order valence-corrected chi connectivity index (χ1v) is 7.02. The fraction of sp³-hybridized carbons (Fsp3) is 0.533. The van der Waals surface area contributed by atoms with E-state index in [-0.39, 0.29) is 18.0 Å². The second-order valence-electron chi connectivity index (χ2n) is 5.26. The fourth-order valence-electron chi connectivity index (χ4n) is 2.14. The van der Waals surface area contributed by atoms with Gasteiger partial charge in [0.25, 0.3) is 0 Å². The van der Waals surface area contributed by atoms with Gasteiger partial charge in [0.1, 0.15) is 11.6 Å². The van der Waals surface area contributed by atoms with Crippen LogP contribution < -0.4 is 11.1 Å². The van der Waals surface area contributed by atoms with Crippen LogP contribution in [0.15, 0.2) is 18.2 Å². The van der Waals surface area contributed by atoms with Gasteiger partial charge in [-0.05, 0) is 32.6 Å². The molecule has 1 aromatic carbocycles. The lowest BCUT2D eigenvalue weighted by Gasteiger charge is -2.26. The van der Waals surface area contributed by atoms with Gasteiger partial charge in [-0.1, -0.05) is 19.4 Å². The molecule has 1 amide bonds. The van der Waals surface area contributed by atoms with Gasteiger partial charge in [0.05, 0.1) is 12.1 Å². The average Bonchev–Trinajstić information content (AvgIpc) is 2.41. The summed E-state index contributed by atoms with van der Waals surface area (Å²) in [4.78, 5) is 13.5. The molecular formula is C15H23F2N3O. The van der Waals surface area contributed by atoms with Gasteiger partial charge in [-0.2, -0.15) is 0 Å². The van der Waals surface area contributed by atoms with Crippen molar-refractivity contribution in [2.24, 2.45) is 5.73 Å². The number of hydrogen-bond acceptors (Lipinski definition) is 3. The lowest BCUT2D eigenvalue weighted by Crippen LogP contribution is -2.44. The molecule has 1 aromatic rings. The van der Waals surface area contributed by atoms with E-state index in [2.05, 4.69) is 5.32 Å². The van der Waals surface area contributed by atoms with E-state index in [1.54, 1.807) is 19.0 Å². The molecule has 2 atom stereocenters. The van der Waals surface area contributed by atoms with Crippen molar-refractivity contribution in [1.82, 2.24) is 10.2 Å². The minimum atomic E-state index is -0.624. The predicted molar refractivity (Wildman–Crippen MR) is 78.7 cm³/mol. The SMILES string of the molecule is CCCC(N)C(=O)NCC(c1c(F)cccc1F)N(C)C. The Morgan fingerprint density at radius 2 is 1.90 bits per heavy atom. The lowest BCUT2D eigenvalue weighted by atomic mass is 10.0. The first-order valence-electron chi connectivity index (χ1n) is 7.02. The zero-order chi connectivity index (χ0) is 16.0. The van der Waals surface area contributed by atoms with Crippen LogP contribution >= 0.6 is 0 Å². The van der Waals surface area contributed by atoms with E-state index < -0.39 is 23.7 Å². The molecule has 3 N–H and O–H groups in total. The zero-order valence-electron chi connectivity index (χ0n) is 12.7. The van der Waals surface area contributed by atoms with E-state index in [0.29, 0.717) is 6.42 Å². The van der Waals surface area contributed by atoms with Gasteiger partial charge >= 0.3 is 0 Å². The maximum Gasteiger partial charge on any atom is 0.236 e. The van der Waals surface area contributed by atoms with Crippen molar-refractivity contribution in [3.05, 3.63) is 35.4 Å². The summed E-state index contributed by atoms with van der Waals surface area (Å²) >= 11 is 0. The van der Waals surface area contributed by atoms with Crippen molar-refractivity contribution >= 4 is 5.91 Å². The summed E-state index contributed by atoms with van der Waals surface area (Å²) < 4.78 is 27.7. The number of rotatable bonds is 7. The summed E-state index contributed by atoms with van der Waals surface area (Å²) in [5.74, 6) is -1.55. The Balaban J connectivity index is 2.82. The molecule has 0 aromatic heterocycles. The van der Waals surface area contributed by atoms with E-state index in [9.17, 15) is 13.6 Å². The predicted octanol–water partition coefficient (Wildman–Crippen LogP) is 1.81. The van der Waals surface area contributed by atoms with Gasteiger partial charge in [-0.3, -0.25) is 4.79 Å². The number of hydrogen-bond donors (Lipinski definition) is 2. The largest absolute Gasteiger partial charge is 0.353 e. The number of amides is 1. The van der Waals surface area contributed by atoms with Crippen LogP contribution in [-0.4, -0.2) is 37.5 Å². The maximum atomic E-state index is 13.9. The molecule has 0 heterocycles. The molecule has 0 fully saturated rings. The van der Waals surface area contributed by atoms with Crippen LogP contribution in [0.1, 0.15) is 31.4 Å². The molecule has 21 heavy (non-hydrogen) atoms. The van der Waals surface area contributed by atoms with Crippen LogP contribution in [0.4, 0.5) is 8.78 Å². The molecule has 0 aliphatic rings. The number of likely N-dealkylation sites (N-methyl/N-ethyl adjacent to an activating group) is 1. The minimum Gasteiger partial charge on any atom is -0.353 e. The summed E-state index contributed by atoms with van der Waals surface area (Å²) in [5, 5.41) is 2.66. The normalized spacial score (nSPS) is 14.0. The van der Waals surface area contributed by atoms with Gasteiger partial charge in [0, 0.05) is 12.1 Å². The Bertz CT molecular complexity index is 460. The molecular weight excluding hydrogens is 276 g/mol. The van der Waals surface area contributed by atoms with Gasteiger partial charge in [-0.15, -0.1) is 0 Å². The number of carbonyl (C=O) groups is 1. The summed E-state index contributed by atoms with van der Waals surface area (Å²) in [6.07, 6.45) is 1.38. The molecule has 2 unspecified atom stereocenters. The van der Waals surface area contributed by atoms with Crippen LogP contribution in [0.25, 0.3) is 0 Å². The van der Waals surface area contributed by atoms with Crippen LogP contribution in [0.5, 0.6) is 0 Å². The Hall–Kier alpha value is -1.53. The van der Waals surface area contributed by atoms with Crippen molar-refractivity contribution in [1.29, 1.82) is 0 Å². The highest BCUT2D eigenvalue weighted by molar-refractivity contribution is 5.81. The molecule has 0 aliphatic heterocycles. The maximum absolute atomic E-state index is 13.9. The number of nitrogens with one attached hydrogen (secondary N) is 1. The Kier molecular flexibility index (Phi) is 6.71. The molecule has 1 rings (SSSR count). The smallest absolute Gasteiger partial charge is 0.236 e. The van der Waals surface area contributed by atoms with Crippen molar-refractivity contribution in [2.45, 2.75) is 31.8 Å². The standard InChI is InChI=1S/C15H23F2N3O/c1-4-6-12(18)15(21)19-9-13(20(2)3)14-10(16)7-5-8-11(14)17/h5,7-8,12-13H,4,6,9,18H2,1-3H3,(H,19,21). The molecule has 0 saturated heterocycles. The van der Waals surface area contributed by atoms with E-state index in [4.69, 9.17) is 5.73 Å². The van der Waals surface area contributed by atoms with E-state index in [1.807, 2.05) is 6.92 Å². The summed E-state index contributed by atoms with van der Waals surface area (Å²) in [5.41, 5.74) is 5.67. The highest BCUT2D eigenvalue weighted by Gasteiger charge is 2.23. The number of benzene rings is 1. The molecule has 0 saturated carbocycles. The quantitative estimate of drug-likeness (QED) is 0.807. The van der Waals surface area contributed by atoms with Crippen LogP contribution in [0.3, 0.4) is 0 Å². The van der Waals surface area contributed by atoms with Crippen molar-refractivity contribution in [3.8, 4) is 0 Å². The first-order chi connectivity index (χ1) is 9.88. The highest BCUT2D eigenvalue weighted by Crippen LogP contribution is 2.23. The third-order valence-corrected chi connectivity index (χ3v) is 3.36. The van der Waals surface area contributed by atoms with Crippen molar-refractivity contribution in [2.75, 3.05) is 20.6 Å². The number of halogens is 2. The Morgan fingerprint density at radius 1 is 1.33 bits per heavy atom. The fourth-order valence-corrected chi connectivity index (χ4v) is 2.14. The second-order valence-corrected chi connectivity index (χ2v) is 5.26. The summed E-state index contributed by atoms with van der Waals surface area (Å²) in [7, 11) is 3.41. The Morgan fingerprint density at radius 3 is 2.38 bits per heavy atom. The second kappa shape index (κ2) is 8.05. The minimum absolute atomic E-state index is 0.0492. The zero-order valence-corrected chi connectivity index (χ0v) is 12.7. The number of nitrogens with two attached hydrogens (primary N) is 1. The first kappa shape index (κ1) is 17.5. The molecule has 0 radical (unpaired) electrons. The number of carbonyl (C=O) groups excluding carboxylic acids is 1. The topological polar surface area (TPSA) is 58.4 Å². The van der Waals surface area contributed by atoms with Gasteiger partial charge < -0.3 is 16.0 Å². The Labute approximate surface area is 124 Å². The molecule has 0 bridgehead atoms. The molecule has 6 heteroatoms. The molecule has 0 spiro atoms. The molecule has 4 nitrogen and oxygen atoms in total. The van der Waals surface area contributed by atoms with E-state index in [0.717, 1.165) is 6.42 Å². The lowest BCUT2D eigenvalue weighted by molar-refractivity contribution is -0.122.